The van der Waals surface area contributed by atoms with E-state index >= 15 is 0 Å². The van der Waals surface area contributed by atoms with Crippen LogP contribution in [0.5, 0.6) is 0 Å². The Balaban J connectivity index is 1.87. The number of hydrogen-bond donors (Lipinski definition) is 0. The lowest BCUT2D eigenvalue weighted by molar-refractivity contribution is -0.164. The monoisotopic (exact) mass is 331 g/mol. The van der Waals surface area contributed by atoms with Gasteiger partial charge < -0.3 is 9.47 Å². The van der Waals surface area contributed by atoms with Crippen molar-refractivity contribution >= 4 is 23.8 Å². The molecule has 1 fully saturated rings. The number of imide groups is 1. The predicted molar refractivity (Wildman–Crippen MR) is 81.0 cm³/mol. The molecule has 0 unspecified atom stereocenters. The molecule has 2 atom stereocenters. The zero-order valence-electron chi connectivity index (χ0n) is 13.4. The van der Waals surface area contributed by atoms with Gasteiger partial charge in [0.1, 0.15) is 6.04 Å². The maximum Gasteiger partial charge on any atom is 0.347 e. The third-order valence-corrected chi connectivity index (χ3v) is 4.12. The molecule has 24 heavy (non-hydrogen) atoms. The second-order valence-electron chi connectivity index (χ2n) is 6.10. The molecule has 1 aromatic carbocycles. The van der Waals surface area contributed by atoms with Crippen LogP contribution >= 0.6 is 0 Å². The quantitative estimate of drug-likeness (QED) is 0.607. The van der Waals surface area contributed by atoms with Crippen molar-refractivity contribution in [1.82, 2.24) is 4.90 Å². The molecule has 0 aromatic heterocycles. The Bertz CT molecular complexity index is 691. The molecule has 0 aliphatic carbocycles. The number of esters is 2. The Morgan fingerprint density at radius 1 is 1.17 bits per heavy atom. The highest BCUT2D eigenvalue weighted by molar-refractivity contribution is 6.22. The van der Waals surface area contributed by atoms with Gasteiger partial charge in [-0.05, 0) is 18.1 Å². The summed E-state index contributed by atoms with van der Waals surface area (Å²) < 4.78 is 9.96. The van der Waals surface area contributed by atoms with E-state index in [-0.39, 0.29) is 30.1 Å². The van der Waals surface area contributed by atoms with Gasteiger partial charge >= 0.3 is 11.9 Å². The fourth-order valence-corrected chi connectivity index (χ4v) is 2.93. The standard InChI is InChI=1S/C17H17NO6/c1-9(2)13(17(22)24-12-7-8-23-16(12)21)18-14(19)10-5-3-4-6-11(10)15(18)20/h3-6,9,12-13H,7-8H2,1-2H3/t12-,13-/m0/s1. The second-order valence-corrected chi connectivity index (χ2v) is 6.10. The normalized spacial score (nSPS) is 21.0. The van der Waals surface area contributed by atoms with Gasteiger partial charge in [-0.3, -0.25) is 14.5 Å². The minimum atomic E-state index is -1.09. The highest BCUT2D eigenvalue weighted by Gasteiger charge is 2.45. The first-order valence-corrected chi connectivity index (χ1v) is 7.76. The molecule has 0 saturated carbocycles. The highest BCUT2D eigenvalue weighted by Crippen LogP contribution is 2.28. The first-order valence-electron chi connectivity index (χ1n) is 7.76. The Kier molecular flexibility index (Phi) is 4.09. The van der Waals surface area contributed by atoms with Crippen molar-refractivity contribution in [2.75, 3.05) is 6.61 Å². The highest BCUT2D eigenvalue weighted by atomic mass is 16.6. The van der Waals surface area contributed by atoms with E-state index in [9.17, 15) is 19.2 Å². The van der Waals surface area contributed by atoms with E-state index in [1.54, 1.807) is 38.1 Å². The van der Waals surface area contributed by atoms with Gasteiger partial charge in [-0.15, -0.1) is 0 Å². The van der Waals surface area contributed by atoms with E-state index in [2.05, 4.69) is 0 Å². The van der Waals surface area contributed by atoms with Crippen molar-refractivity contribution in [2.24, 2.45) is 5.92 Å². The SMILES string of the molecule is CC(C)[C@@H](C(=O)O[C@H]1CCOC1=O)N1C(=O)c2ccccc2C1=O. The molecule has 2 amide bonds. The summed E-state index contributed by atoms with van der Waals surface area (Å²) in [7, 11) is 0. The zero-order valence-corrected chi connectivity index (χ0v) is 13.4. The van der Waals surface area contributed by atoms with Crippen LogP contribution in [0.2, 0.25) is 0 Å². The molecule has 7 heteroatoms. The third kappa shape index (κ3) is 2.55. The molecule has 2 heterocycles. The maximum absolute atomic E-state index is 12.6. The van der Waals surface area contributed by atoms with Gasteiger partial charge in [0, 0.05) is 6.42 Å². The average Bonchev–Trinajstić information content (AvgIpc) is 3.05. The van der Waals surface area contributed by atoms with Crippen molar-refractivity contribution in [2.45, 2.75) is 32.4 Å². The van der Waals surface area contributed by atoms with Crippen molar-refractivity contribution in [1.29, 1.82) is 0 Å². The minimum absolute atomic E-state index is 0.191. The van der Waals surface area contributed by atoms with Crippen LogP contribution in [0, 0.1) is 5.92 Å². The van der Waals surface area contributed by atoms with E-state index in [0.717, 1.165) is 4.90 Å². The lowest BCUT2D eigenvalue weighted by atomic mass is 10.0. The van der Waals surface area contributed by atoms with Gasteiger partial charge in [0.15, 0.2) is 0 Å². The second kappa shape index (κ2) is 6.07. The smallest absolute Gasteiger partial charge is 0.347 e. The first kappa shape index (κ1) is 16.2. The summed E-state index contributed by atoms with van der Waals surface area (Å²) in [6.07, 6.45) is -0.703. The number of rotatable bonds is 4. The molecule has 1 saturated heterocycles. The van der Waals surface area contributed by atoms with Crippen LogP contribution in [0.15, 0.2) is 24.3 Å². The molecule has 1 aromatic rings. The number of fused-ring (bicyclic) bond motifs is 1. The van der Waals surface area contributed by atoms with Crippen molar-refractivity contribution in [3.05, 3.63) is 35.4 Å². The molecule has 0 spiro atoms. The van der Waals surface area contributed by atoms with Crippen molar-refractivity contribution < 1.29 is 28.7 Å². The summed E-state index contributed by atoms with van der Waals surface area (Å²) in [4.78, 5) is 50.1. The lowest BCUT2D eigenvalue weighted by Gasteiger charge is -2.28. The molecular formula is C17H17NO6. The average molecular weight is 331 g/mol. The van der Waals surface area contributed by atoms with Crippen LogP contribution in [-0.2, 0) is 19.1 Å². The first-order chi connectivity index (χ1) is 11.4. The summed E-state index contributed by atoms with van der Waals surface area (Å²) >= 11 is 0. The van der Waals surface area contributed by atoms with Crippen LogP contribution in [0.1, 0.15) is 41.0 Å². The van der Waals surface area contributed by atoms with E-state index in [0.29, 0.717) is 0 Å². The molecule has 2 aliphatic heterocycles. The van der Waals surface area contributed by atoms with Gasteiger partial charge in [0.2, 0.25) is 6.10 Å². The summed E-state index contributed by atoms with van der Waals surface area (Å²) in [5.74, 6) is -2.80. The van der Waals surface area contributed by atoms with Gasteiger partial charge in [-0.25, -0.2) is 9.59 Å². The Labute approximate surface area is 138 Å². The third-order valence-electron chi connectivity index (χ3n) is 4.12. The molecule has 3 rings (SSSR count). The van der Waals surface area contributed by atoms with Crippen LogP contribution < -0.4 is 0 Å². The topological polar surface area (TPSA) is 90.0 Å². The molecular weight excluding hydrogens is 314 g/mol. The molecule has 2 aliphatic rings. The van der Waals surface area contributed by atoms with Crippen LogP contribution in [0.4, 0.5) is 0 Å². The van der Waals surface area contributed by atoms with E-state index < -0.39 is 35.9 Å². The number of hydrogen-bond acceptors (Lipinski definition) is 6. The maximum atomic E-state index is 12.6. The van der Waals surface area contributed by atoms with Gasteiger partial charge in [0.25, 0.3) is 11.8 Å². The van der Waals surface area contributed by atoms with Gasteiger partial charge in [-0.2, -0.15) is 0 Å². The zero-order chi connectivity index (χ0) is 17.4. The van der Waals surface area contributed by atoms with Crippen molar-refractivity contribution in [3.8, 4) is 0 Å². The summed E-state index contributed by atoms with van der Waals surface area (Å²) in [6, 6.07) is 5.32. The fourth-order valence-electron chi connectivity index (χ4n) is 2.93. The van der Waals surface area contributed by atoms with Crippen LogP contribution in [-0.4, -0.2) is 47.4 Å². The molecule has 0 N–H and O–H groups in total. The lowest BCUT2D eigenvalue weighted by Crippen LogP contribution is -2.49. The minimum Gasteiger partial charge on any atom is -0.463 e. The summed E-state index contributed by atoms with van der Waals surface area (Å²) in [5.41, 5.74) is 0.530. The Hall–Kier alpha value is -2.70. The number of carbonyl (C=O) groups excluding carboxylic acids is 4. The molecule has 126 valence electrons. The number of ether oxygens (including phenoxy) is 2. The van der Waals surface area contributed by atoms with Crippen LogP contribution in [0.3, 0.4) is 0 Å². The summed E-state index contributed by atoms with van der Waals surface area (Å²) in [5, 5.41) is 0. The molecule has 7 nitrogen and oxygen atoms in total. The Morgan fingerprint density at radius 3 is 2.21 bits per heavy atom. The number of nitrogens with zero attached hydrogens (tertiary/aromatic N) is 1. The van der Waals surface area contributed by atoms with Crippen molar-refractivity contribution in [3.63, 3.8) is 0 Å². The largest absolute Gasteiger partial charge is 0.463 e. The van der Waals surface area contributed by atoms with Crippen LogP contribution in [0.25, 0.3) is 0 Å². The van der Waals surface area contributed by atoms with E-state index in [1.165, 1.54) is 0 Å². The number of cyclic esters (lactones) is 1. The number of carbonyl (C=O) groups is 4. The van der Waals surface area contributed by atoms with E-state index in [1.807, 2.05) is 0 Å². The predicted octanol–water partition coefficient (Wildman–Crippen LogP) is 1.17. The molecule has 0 radical (unpaired) electrons. The van der Waals surface area contributed by atoms with Gasteiger partial charge in [-0.1, -0.05) is 26.0 Å². The van der Waals surface area contributed by atoms with E-state index in [4.69, 9.17) is 9.47 Å². The summed E-state index contributed by atoms with van der Waals surface area (Å²) in [6.45, 7) is 3.61. The molecule has 0 bridgehead atoms. The number of benzene rings is 1. The Morgan fingerprint density at radius 2 is 1.75 bits per heavy atom. The fraction of sp³-hybridized carbons (Fsp3) is 0.412. The number of amides is 2. The van der Waals surface area contributed by atoms with Gasteiger partial charge in [0.05, 0.1) is 17.7 Å².